The minimum absolute atomic E-state index is 0.902. The molecule has 92 valence electrons. The molecule has 0 aliphatic heterocycles. The molecule has 0 spiro atoms. The van der Waals surface area contributed by atoms with Gasteiger partial charge in [-0.1, -0.05) is 36.3 Å². The number of hydrogen-bond acceptors (Lipinski definition) is 1. The van der Waals surface area contributed by atoms with Crippen molar-refractivity contribution >= 4 is 16.6 Å². The standard InChI is InChI=1S/C17H14N2/c1-2-7-13-10-11-15-16(12-13)19-17(18-15)14-8-5-3-4-6-9-14/h3,5-6,8-12H,4H2,1H3,(H,18,19). The molecule has 0 fully saturated rings. The van der Waals surface area contributed by atoms with E-state index < -0.39 is 0 Å². The van der Waals surface area contributed by atoms with Crippen molar-refractivity contribution < 1.29 is 0 Å². The summed E-state index contributed by atoms with van der Waals surface area (Å²) in [4.78, 5) is 7.98. The van der Waals surface area contributed by atoms with Crippen LogP contribution in [0.15, 0.2) is 48.6 Å². The molecular formula is C17H14N2. The number of imidazole rings is 1. The third-order valence-electron chi connectivity index (χ3n) is 3.01. The average Bonchev–Trinajstić information content (AvgIpc) is 2.65. The Bertz CT molecular complexity index is 761. The molecule has 1 N–H and O–H groups in total. The summed E-state index contributed by atoms with van der Waals surface area (Å²) in [7, 11) is 0. The Hall–Kier alpha value is -2.53. The zero-order chi connectivity index (χ0) is 13.1. The number of aromatic amines is 1. The highest BCUT2D eigenvalue weighted by Crippen LogP contribution is 2.20. The van der Waals surface area contributed by atoms with Gasteiger partial charge in [-0.3, -0.25) is 0 Å². The third-order valence-corrected chi connectivity index (χ3v) is 3.01. The zero-order valence-corrected chi connectivity index (χ0v) is 10.8. The largest absolute Gasteiger partial charge is 0.338 e. The lowest BCUT2D eigenvalue weighted by Crippen LogP contribution is -1.82. The highest BCUT2D eigenvalue weighted by atomic mass is 14.9. The van der Waals surface area contributed by atoms with Crippen LogP contribution in [0.5, 0.6) is 0 Å². The second-order valence-corrected chi connectivity index (χ2v) is 4.38. The van der Waals surface area contributed by atoms with E-state index in [1.807, 2.05) is 25.1 Å². The van der Waals surface area contributed by atoms with Gasteiger partial charge in [-0.25, -0.2) is 4.98 Å². The van der Waals surface area contributed by atoms with Crippen molar-refractivity contribution in [3.8, 4) is 11.8 Å². The number of fused-ring (bicyclic) bond motifs is 1. The predicted octanol–water partition coefficient (Wildman–Crippen LogP) is 3.83. The summed E-state index contributed by atoms with van der Waals surface area (Å²) in [5, 5.41) is 0. The van der Waals surface area contributed by atoms with Crippen molar-refractivity contribution in [2.45, 2.75) is 13.3 Å². The molecule has 1 heterocycles. The van der Waals surface area contributed by atoms with E-state index in [4.69, 9.17) is 0 Å². The van der Waals surface area contributed by atoms with E-state index in [2.05, 4.69) is 52.2 Å². The number of nitrogens with one attached hydrogen (secondary N) is 1. The van der Waals surface area contributed by atoms with E-state index in [1.54, 1.807) is 0 Å². The summed E-state index contributed by atoms with van der Waals surface area (Å²) in [6.07, 6.45) is 11.5. The Morgan fingerprint density at radius 2 is 2.21 bits per heavy atom. The molecule has 3 rings (SSSR count). The van der Waals surface area contributed by atoms with Crippen LogP contribution >= 0.6 is 0 Å². The van der Waals surface area contributed by atoms with Gasteiger partial charge in [0.05, 0.1) is 11.0 Å². The third kappa shape index (κ3) is 2.36. The highest BCUT2D eigenvalue weighted by molar-refractivity contribution is 5.82. The van der Waals surface area contributed by atoms with E-state index >= 15 is 0 Å². The molecule has 19 heavy (non-hydrogen) atoms. The number of hydrogen-bond donors (Lipinski definition) is 1. The summed E-state index contributed by atoms with van der Waals surface area (Å²) in [6.45, 7) is 1.84. The zero-order valence-electron chi connectivity index (χ0n) is 10.8. The van der Waals surface area contributed by atoms with Crippen LogP contribution in [0.25, 0.3) is 16.6 Å². The smallest absolute Gasteiger partial charge is 0.138 e. The van der Waals surface area contributed by atoms with Crippen molar-refractivity contribution in [3.05, 3.63) is 60.0 Å². The lowest BCUT2D eigenvalue weighted by Gasteiger charge is -1.93. The molecule has 0 saturated heterocycles. The highest BCUT2D eigenvalue weighted by Gasteiger charge is 2.06. The topological polar surface area (TPSA) is 28.7 Å². The maximum absolute atomic E-state index is 4.62. The van der Waals surface area contributed by atoms with Crippen LogP contribution in [0.3, 0.4) is 0 Å². The molecule has 1 aromatic carbocycles. The van der Waals surface area contributed by atoms with Crippen LogP contribution < -0.4 is 0 Å². The number of allylic oxidation sites excluding steroid dienone is 6. The molecule has 0 bridgehead atoms. The van der Waals surface area contributed by atoms with Gasteiger partial charge >= 0.3 is 0 Å². The van der Waals surface area contributed by atoms with Crippen molar-refractivity contribution in [2.24, 2.45) is 0 Å². The predicted molar refractivity (Wildman–Crippen MR) is 79.5 cm³/mol. The van der Waals surface area contributed by atoms with Crippen molar-refractivity contribution in [2.75, 3.05) is 0 Å². The minimum atomic E-state index is 0.902. The molecule has 0 radical (unpaired) electrons. The van der Waals surface area contributed by atoms with E-state index in [1.165, 1.54) is 0 Å². The number of H-pyrrole nitrogens is 1. The Balaban J connectivity index is 2.08. The molecule has 1 aliphatic rings. The maximum atomic E-state index is 4.62. The second kappa shape index (κ2) is 4.99. The van der Waals surface area contributed by atoms with Gasteiger partial charge in [-0.2, -0.15) is 0 Å². The number of aromatic nitrogens is 2. The van der Waals surface area contributed by atoms with Gasteiger partial charge in [0.1, 0.15) is 5.82 Å². The number of benzene rings is 1. The molecule has 1 aliphatic carbocycles. The summed E-state index contributed by atoms with van der Waals surface area (Å²) in [6, 6.07) is 6.05. The van der Waals surface area contributed by atoms with Crippen LogP contribution in [0.2, 0.25) is 0 Å². The van der Waals surface area contributed by atoms with Crippen molar-refractivity contribution in [1.82, 2.24) is 9.97 Å². The molecular weight excluding hydrogens is 232 g/mol. The maximum Gasteiger partial charge on any atom is 0.138 e. The van der Waals surface area contributed by atoms with Gasteiger partial charge < -0.3 is 4.98 Å². The summed E-state index contributed by atoms with van der Waals surface area (Å²) in [5.41, 5.74) is 4.11. The Labute approximate surface area is 112 Å². The van der Waals surface area contributed by atoms with E-state index in [9.17, 15) is 0 Å². The molecule has 2 nitrogen and oxygen atoms in total. The summed E-state index contributed by atoms with van der Waals surface area (Å²) in [5.74, 6) is 6.87. The van der Waals surface area contributed by atoms with E-state index in [-0.39, 0.29) is 0 Å². The normalized spacial score (nSPS) is 13.8. The van der Waals surface area contributed by atoms with Crippen molar-refractivity contribution in [3.63, 3.8) is 0 Å². The van der Waals surface area contributed by atoms with Crippen LogP contribution in [0.1, 0.15) is 24.7 Å². The first-order valence-corrected chi connectivity index (χ1v) is 6.33. The first kappa shape index (κ1) is 11.6. The SMILES string of the molecule is CC#Cc1ccc2nc(C3=CC=CCC=C3)[nH]c2c1. The molecule has 0 unspecified atom stereocenters. The molecule has 2 heteroatoms. The molecule has 0 saturated carbocycles. The molecule has 1 aromatic heterocycles. The Kier molecular flexibility index (Phi) is 3.04. The van der Waals surface area contributed by atoms with Gasteiger partial charge in [-0.15, -0.1) is 5.92 Å². The first-order valence-electron chi connectivity index (χ1n) is 6.33. The van der Waals surface area contributed by atoms with E-state index in [0.29, 0.717) is 0 Å². The quantitative estimate of drug-likeness (QED) is 0.761. The average molecular weight is 246 g/mol. The van der Waals surface area contributed by atoms with Gasteiger partial charge in [-0.05, 0) is 31.5 Å². The van der Waals surface area contributed by atoms with Gasteiger partial charge in [0.15, 0.2) is 0 Å². The van der Waals surface area contributed by atoms with Crippen molar-refractivity contribution in [1.29, 1.82) is 0 Å². The second-order valence-electron chi connectivity index (χ2n) is 4.38. The van der Waals surface area contributed by atoms with Crippen LogP contribution in [0, 0.1) is 11.8 Å². The molecule has 2 aromatic rings. The fraction of sp³-hybridized carbons (Fsp3) is 0.118. The van der Waals surface area contributed by atoms with Crippen LogP contribution in [0.4, 0.5) is 0 Å². The lowest BCUT2D eigenvalue weighted by atomic mass is 10.2. The Morgan fingerprint density at radius 1 is 1.26 bits per heavy atom. The fourth-order valence-corrected chi connectivity index (χ4v) is 2.11. The Morgan fingerprint density at radius 3 is 3.11 bits per heavy atom. The van der Waals surface area contributed by atoms with Gasteiger partial charge in [0.25, 0.3) is 0 Å². The molecule has 0 amide bonds. The number of rotatable bonds is 1. The summed E-state index contributed by atoms with van der Waals surface area (Å²) >= 11 is 0. The van der Waals surface area contributed by atoms with E-state index in [0.717, 1.165) is 34.4 Å². The van der Waals surface area contributed by atoms with Gasteiger partial charge in [0.2, 0.25) is 0 Å². The molecule has 0 atom stereocenters. The fourth-order valence-electron chi connectivity index (χ4n) is 2.11. The number of nitrogens with zero attached hydrogens (tertiary/aromatic N) is 1. The summed E-state index contributed by atoms with van der Waals surface area (Å²) < 4.78 is 0. The monoisotopic (exact) mass is 246 g/mol. The van der Waals surface area contributed by atoms with Crippen LogP contribution in [-0.2, 0) is 0 Å². The van der Waals surface area contributed by atoms with Crippen LogP contribution in [-0.4, -0.2) is 9.97 Å². The van der Waals surface area contributed by atoms with Gasteiger partial charge in [0, 0.05) is 11.1 Å². The first-order chi connectivity index (χ1) is 9.36. The lowest BCUT2D eigenvalue weighted by molar-refractivity contribution is 1.27. The minimum Gasteiger partial charge on any atom is -0.338 e.